The smallest absolute Gasteiger partial charge is 0.407 e. The first-order chi connectivity index (χ1) is 6.97. The molecule has 0 aromatic carbocycles. The maximum absolute atomic E-state index is 11.3. The van der Waals surface area contributed by atoms with Gasteiger partial charge in [0.05, 0.1) is 0 Å². The fourth-order valence-corrected chi connectivity index (χ4v) is 1.64. The quantitative estimate of drug-likeness (QED) is 0.745. The van der Waals surface area contributed by atoms with Crippen LogP contribution < -0.4 is 10.6 Å². The van der Waals surface area contributed by atoms with Crippen LogP contribution >= 0.6 is 0 Å². The second kappa shape index (κ2) is 5.35. The number of amides is 1. The summed E-state index contributed by atoms with van der Waals surface area (Å²) >= 11 is 0. The lowest BCUT2D eigenvalue weighted by atomic mass is 10.00. The first kappa shape index (κ1) is 12.3. The van der Waals surface area contributed by atoms with Crippen LogP contribution in [0.4, 0.5) is 4.79 Å². The molecule has 2 N–H and O–H groups in total. The summed E-state index contributed by atoms with van der Waals surface area (Å²) in [5, 5.41) is 6.12. The zero-order chi connectivity index (χ0) is 11.3. The molecule has 4 heteroatoms. The number of hydrogen-bond acceptors (Lipinski definition) is 3. The number of carbonyl (C=O) groups is 1. The molecular formula is C11H26N2O2. The van der Waals surface area contributed by atoms with Crippen molar-refractivity contribution in [1.82, 2.24) is 10.6 Å². The number of nitrogens with one attached hydrogen (secondary N) is 2. The van der Waals surface area contributed by atoms with Crippen LogP contribution in [0, 0.1) is 5.92 Å². The van der Waals surface area contributed by atoms with Gasteiger partial charge in [0.1, 0.15) is 5.60 Å². The standard InChI is InChI=1S/C11H22N2O2.2H2/c1-11(2,3)15-10(14)13-8-9-5-4-6-12-7-9;;/h9,12H,4-8H2,1-3H3,(H,13,14);2*1H. The monoisotopic (exact) mass is 218 g/mol. The van der Waals surface area contributed by atoms with Crippen LogP contribution in [-0.2, 0) is 4.74 Å². The molecule has 1 aliphatic rings. The predicted octanol–water partition coefficient (Wildman–Crippen LogP) is 2.00. The van der Waals surface area contributed by atoms with Gasteiger partial charge in [0.15, 0.2) is 0 Å². The van der Waals surface area contributed by atoms with Crippen LogP contribution in [0.1, 0.15) is 36.5 Å². The summed E-state index contributed by atoms with van der Waals surface area (Å²) in [5.41, 5.74) is -0.408. The van der Waals surface area contributed by atoms with Crippen LogP contribution in [0.5, 0.6) is 0 Å². The SMILES string of the molecule is CC(C)(C)OC(=O)NCC1CCCNC1.[HH].[HH]. The van der Waals surface area contributed by atoms with Crippen molar-refractivity contribution < 1.29 is 12.4 Å². The van der Waals surface area contributed by atoms with E-state index in [9.17, 15) is 4.79 Å². The minimum atomic E-state index is -0.408. The van der Waals surface area contributed by atoms with E-state index in [1.165, 1.54) is 12.8 Å². The lowest BCUT2D eigenvalue weighted by molar-refractivity contribution is 0.0517. The van der Waals surface area contributed by atoms with Crippen LogP contribution in [0.2, 0.25) is 0 Å². The summed E-state index contributed by atoms with van der Waals surface area (Å²) in [5.74, 6) is 0.547. The molecule has 1 unspecified atom stereocenters. The van der Waals surface area contributed by atoms with Gasteiger partial charge in [0.25, 0.3) is 0 Å². The molecule has 1 fully saturated rings. The maximum Gasteiger partial charge on any atom is 0.407 e. The van der Waals surface area contributed by atoms with Gasteiger partial charge >= 0.3 is 6.09 Å². The predicted molar refractivity (Wildman–Crippen MR) is 64.1 cm³/mol. The lowest BCUT2D eigenvalue weighted by Gasteiger charge is -2.24. The summed E-state index contributed by atoms with van der Waals surface area (Å²) in [6, 6.07) is 0. The Morgan fingerprint density at radius 1 is 1.60 bits per heavy atom. The molecule has 92 valence electrons. The van der Waals surface area contributed by atoms with Crippen LogP contribution in [-0.4, -0.2) is 31.3 Å². The number of hydrogen-bond donors (Lipinski definition) is 2. The molecule has 0 radical (unpaired) electrons. The van der Waals surface area contributed by atoms with Crippen molar-refractivity contribution in [2.45, 2.75) is 39.2 Å². The first-order valence-corrected chi connectivity index (χ1v) is 5.65. The first-order valence-electron chi connectivity index (χ1n) is 5.65. The van der Waals surface area contributed by atoms with Gasteiger partial charge in [-0.2, -0.15) is 0 Å². The summed E-state index contributed by atoms with van der Waals surface area (Å²) in [6.45, 7) is 8.42. The minimum Gasteiger partial charge on any atom is -0.444 e. The van der Waals surface area contributed by atoms with Crippen molar-refractivity contribution in [2.24, 2.45) is 5.92 Å². The third kappa shape index (κ3) is 5.62. The van der Waals surface area contributed by atoms with E-state index in [0.29, 0.717) is 12.5 Å². The normalized spacial score (nSPS) is 22.2. The summed E-state index contributed by atoms with van der Waals surface area (Å²) in [7, 11) is 0. The van der Waals surface area contributed by atoms with Crippen LogP contribution in [0.3, 0.4) is 0 Å². The zero-order valence-corrected chi connectivity index (χ0v) is 9.93. The average molecular weight is 218 g/mol. The topological polar surface area (TPSA) is 50.4 Å². The van der Waals surface area contributed by atoms with Crippen LogP contribution in [0.25, 0.3) is 0 Å². The number of rotatable bonds is 2. The molecule has 0 aromatic heterocycles. The van der Waals surface area contributed by atoms with Gasteiger partial charge in [-0.05, 0) is 52.6 Å². The molecule has 0 aliphatic carbocycles. The van der Waals surface area contributed by atoms with Crippen molar-refractivity contribution in [3.05, 3.63) is 0 Å². The number of alkyl carbamates (subject to hydrolysis) is 1. The zero-order valence-electron chi connectivity index (χ0n) is 9.93. The Labute approximate surface area is 94.7 Å². The molecule has 4 nitrogen and oxygen atoms in total. The van der Waals surface area contributed by atoms with Gasteiger partial charge in [-0.15, -0.1) is 0 Å². The third-order valence-corrected chi connectivity index (χ3v) is 2.33. The van der Waals surface area contributed by atoms with Gasteiger partial charge in [0.2, 0.25) is 0 Å². The van der Waals surface area contributed by atoms with Crippen molar-refractivity contribution in [1.29, 1.82) is 0 Å². The van der Waals surface area contributed by atoms with Gasteiger partial charge in [-0.1, -0.05) is 0 Å². The lowest BCUT2D eigenvalue weighted by Crippen LogP contribution is -2.40. The molecule has 1 saturated heterocycles. The number of carbonyl (C=O) groups excluding carboxylic acids is 1. The van der Waals surface area contributed by atoms with E-state index in [1.54, 1.807) is 0 Å². The van der Waals surface area contributed by atoms with Crippen LogP contribution in [0.15, 0.2) is 0 Å². The van der Waals surface area contributed by atoms with E-state index in [2.05, 4.69) is 10.6 Å². The molecule has 1 rings (SSSR count). The third-order valence-electron chi connectivity index (χ3n) is 2.33. The van der Waals surface area contributed by atoms with Gasteiger partial charge in [0, 0.05) is 9.40 Å². The fraction of sp³-hybridized carbons (Fsp3) is 0.909. The number of piperidine rings is 1. The second-order valence-corrected chi connectivity index (χ2v) is 5.10. The molecule has 1 atom stereocenters. The Morgan fingerprint density at radius 3 is 2.87 bits per heavy atom. The molecule has 15 heavy (non-hydrogen) atoms. The Bertz CT molecular complexity index is 214. The molecular weight excluding hydrogens is 192 g/mol. The average Bonchev–Trinajstić information content (AvgIpc) is 2.14. The van der Waals surface area contributed by atoms with E-state index < -0.39 is 5.60 Å². The Hall–Kier alpha value is -0.770. The highest BCUT2D eigenvalue weighted by Crippen LogP contribution is 2.09. The van der Waals surface area contributed by atoms with Crippen molar-refractivity contribution >= 4 is 6.09 Å². The van der Waals surface area contributed by atoms with Crippen molar-refractivity contribution in [3.63, 3.8) is 0 Å². The van der Waals surface area contributed by atoms with E-state index in [4.69, 9.17) is 4.74 Å². The summed E-state index contributed by atoms with van der Waals surface area (Å²) in [6.07, 6.45) is 2.07. The molecule has 1 aliphatic heterocycles. The molecule has 1 heterocycles. The van der Waals surface area contributed by atoms with E-state index in [-0.39, 0.29) is 8.95 Å². The Morgan fingerprint density at radius 2 is 2.33 bits per heavy atom. The highest BCUT2D eigenvalue weighted by atomic mass is 16.6. The minimum absolute atomic E-state index is 0. The summed E-state index contributed by atoms with van der Waals surface area (Å²) in [4.78, 5) is 11.3. The van der Waals surface area contributed by atoms with Crippen molar-refractivity contribution in [2.75, 3.05) is 19.6 Å². The maximum atomic E-state index is 11.3. The molecule has 1 amide bonds. The Kier molecular flexibility index (Phi) is 4.39. The fourth-order valence-electron chi connectivity index (χ4n) is 1.64. The highest BCUT2D eigenvalue weighted by Gasteiger charge is 2.18. The molecule has 0 saturated carbocycles. The van der Waals surface area contributed by atoms with Crippen molar-refractivity contribution in [3.8, 4) is 0 Å². The van der Waals surface area contributed by atoms with Gasteiger partial charge in [-0.3, -0.25) is 0 Å². The van der Waals surface area contributed by atoms with E-state index in [0.717, 1.165) is 13.1 Å². The van der Waals surface area contributed by atoms with Gasteiger partial charge in [-0.25, -0.2) is 4.79 Å². The summed E-state index contributed by atoms with van der Waals surface area (Å²) < 4.78 is 5.16. The number of ether oxygens (including phenoxy) is 1. The molecule has 0 aromatic rings. The second-order valence-electron chi connectivity index (χ2n) is 5.10. The van der Waals surface area contributed by atoms with Gasteiger partial charge < -0.3 is 15.4 Å². The molecule has 0 bridgehead atoms. The Balaban J connectivity index is 0. The van der Waals surface area contributed by atoms with E-state index in [1.807, 2.05) is 20.8 Å². The molecule has 0 spiro atoms. The largest absolute Gasteiger partial charge is 0.444 e. The highest BCUT2D eigenvalue weighted by molar-refractivity contribution is 5.67. The van der Waals surface area contributed by atoms with E-state index >= 15 is 0 Å².